The van der Waals surface area contributed by atoms with Gasteiger partial charge in [0.2, 0.25) is 18.4 Å². The molecule has 0 unspecified atom stereocenters. The number of aromatic hydroxyl groups is 7. The van der Waals surface area contributed by atoms with Gasteiger partial charge in [-0.15, -0.1) is 0 Å². The molecule has 7 aromatic carbocycles. The van der Waals surface area contributed by atoms with Crippen LogP contribution in [-0.4, -0.2) is 83.4 Å². The normalized spacial score (nSPS) is 12.3. The number of phenolic OH excluding ortho intramolecular Hbond substituents is 7. The van der Waals surface area contributed by atoms with E-state index in [0.717, 1.165) is 22.3 Å². The summed E-state index contributed by atoms with van der Waals surface area (Å²) in [4.78, 5) is 0. The van der Waals surface area contributed by atoms with E-state index in [2.05, 4.69) is 36.4 Å². The van der Waals surface area contributed by atoms with Crippen LogP contribution in [0.2, 0.25) is 0 Å². The third kappa shape index (κ3) is 4.03. The molecule has 0 saturated heterocycles. The summed E-state index contributed by atoms with van der Waals surface area (Å²) in [5, 5.41) is 82.9. The van der Waals surface area contributed by atoms with Crippen LogP contribution in [0.4, 0.5) is 0 Å². The minimum Gasteiger partial charge on any atom is -0.509 e. The molecule has 1 aliphatic rings. The molecule has 11 rings (SSSR count). The first-order valence-corrected chi connectivity index (χ1v) is 18.7. The molecule has 0 saturated carbocycles. The zero-order valence-electron chi connectivity index (χ0n) is 31.6. The summed E-state index contributed by atoms with van der Waals surface area (Å²) < 4.78 is 15.3. The number of aromatic nitrogens is 2. The fraction of sp³-hybridized carbons (Fsp3) is 0. The molecule has 1 aliphatic heterocycles. The van der Waals surface area contributed by atoms with Crippen LogP contribution in [0, 0.1) is 0 Å². The molecule has 11 nitrogen and oxygen atoms in total. The van der Waals surface area contributed by atoms with E-state index in [4.69, 9.17) is 9.15 Å². The van der Waals surface area contributed by atoms with Gasteiger partial charge in [0.15, 0.2) is 23.0 Å². The van der Waals surface area contributed by atoms with Crippen molar-refractivity contribution in [3.05, 3.63) is 78.9 Å². The molecule has 0 aliphatic carbocycles. The fourth-order valence-electron chi connectivity index (χ4n) is 9.39. The van der Waals surface area contributed by atoms with Crippen LogP contribution >= 0.6 is 0 Å². The Hall–Kier alpha value is -7.34. The first-order valence-electron chi connectivity index (χ1n) is 18.7. The molecule has 3 aromatic heterocycles. The van der Waals surface area contributed by atoms with Crippen LogP contribution in [0.1, 0.15) is 0 Å². The minimum atomic E-state index is -0.411. The Bertz CT molecular complexity index is 3530. The van der Waals surface area contributed by atoms with E-state index < -0.39 is 5.75 Å². The van der Waals surface area contributed by atoms with Crippen LogP contribution in [0.3, 0.4) is 0 Å². The van der Waals surface area contributed by atoms with Crippen molar-refractivity contribution in [1.82, 2.24) is 8.97 Å². The number of phenols is 7. The third-order valence-corrected chi connectivity index (χ3v) is 12.4. The van der Waals surface area contributed by atoms with Gasteiger partial charge in [0.25, 0.3) is 0 Å². The smallest absolute Gasteiger partial charge is 0.245 e. The summed E-state index contributed by atoms with van der Waals surface area (Å²) in [5.41, 5.74) is 8.01. The SMILES string of the molecule is Bc1c(O)c2c3c(c1O)c1c(O)c(B)c(O)c4ooc5c(O)c6c(c(c5n3c41)B2)c1c(B)c(O)c(O)c(B)c1n6-c1ccc(-c2ccc(-c3ccccc3)cc2)cc1. The molecule has 0 amide bonds. The monoisotopic (exact) mass is 760 g/mol. The van der Waals surface area contributed by atoms with Crippen molar-refractivity contribution in [1.29, 1.82) is 0 Å². The molecule has 0 spiro atoms. The van der Waals surface area contributed by atoms with Gasteiger partial charge in [-0.05, 0) is 67.2 Å². The number of nitrogens with zero attached hydrogens (tertiary/aromatic N) is 2. The van der Waals surface area contributed by atoms with Gasteiger partial charge in [-0.3, -0.25) is 9.15 Å². The second-order valence-electron chi connectivity index (χ2n) is 15.3. The van der Waals surface area contributed by atoms with Gasteiger partial charge in [0, 0.05) is 16.5 Å². The Labute approximate surface area is 331 Å². The molecule has 0 radical (unpaired) electrons. The highest BCUT2D eigenvalue weighted by molar-refractivity contribution is 6.78. The number of fused-ring (bicyclic) bond motifs is 5. The topological polar surface area (TPSA) is 177 Å². The lowest BCUT2D eigenvalue weighted by molar-refractivity contribution is 0.0881. The van der Waals surface area contributed by atoms with E-state index in [0.29, 0.717) is 54.9 Å². The fourth-order valence-corrected chi connectivity index (χ4v) is 9.39. The van der Waals surface area contributed by atoms with E-state index in [1.54, 1.807) is 27.9 Å². The maximum Gasteiger partial charge on any atom is 0.245 e. The maximum atomic E-state index is 12.6. The molecule has 7 N–H and O–H groups in total. The number of hydrogen-bond acceptors (Lipinski definition) is 9. The Morgan fingerprint density at radius 3 is 1.53 bits per heavy atom. The third-order valence-electron chi connectivity index (χ3n) is 12.4. The second-order valence-corrected chi connectivity index (χ2v) is 15.3. The van der Waals surface area contributed by atoms with E-state index in [1.807, 2.05) is 47.0 Å². The largest absolute Gasteiger partial charge is 0.509 e. The predicted octanol–water partition coefficient (Wildman–Crippen LogP) is 0.252. The van der Waals surface area contributed by atoms with E-state index in [9.17, 15) is 35.7 Å². The summed E-state index contributed by atoms with van der Waals surface area (Å²) in [6, 6.07) is 26.2. The van der Waals surface area contributed by atoms with Gasteiger partial charge in [0.05, 0.1) is 32.8 Å². The number of benzene rings is 7. The first kappa shape index (κ1) is 34.0. The van der Waals surface area contributed by atoms with Crippen LogP contribution in [0.25, 0.3) is 88.2 Å². The Morgan fingerprint density at radius 1 is 0.397 bits per heavy atom. The van der Waals surface area contributed by atoms with Crippen molar-refractivity contribution in [3.63, 3.8) is 0 Å². The van der Waals surface area contributed by atoms with Gasteiger partial charge in [0.1, 0.15) is 54.2 Å². The highest BCUT2D eigenvalue weighted by Gasteiger charge is 2.37. The maximum absolute atomic E-state index is 12.6. The molecule has 10 aromatic rings. The quantitative estimate of drug-likeness (QED) is 0.0757. The van der Waals surface area contributed by atoms with Gasteiger partial charge in [-0.25, -0.2) is 0 Å². The highest BCUT2D eigenvalue weighted by atomic mass is 17.0. The van der Waals surface area contributed by atoms with Crippen molar-refractivity contribution in [3.8, 4) is 68.2 Å². The second kappa shape index (κ2) is 11.4. The summed E-state index contributed by atoms with van der Waals surface area (Å²) in [6.45, 7) is 0. The van der Waals surface area contributed by atoms with Crippen molar-refractivity contribution < 1.29 is 44.9 Å². The van der Waals surface area contributed by atoms with Crippen molar-refractivity contribution in [2.75, 3.05) is 0 Å². The predicted molar refractivity (Wildman–Crippen MR) is 239 cm³/mol. The van der Waals surface area contributed by atoms with Crippen molar-refractivity contribution >= 4 is 132 Å². The lowest BCUT2D eigenvalue weighted by atomic mass is 9.58. The highest BCUT2D eigenvalue weighted by Crippen LogP contribution is 2.48. The minimum absolute atomic E-state index is 0.0560. The molecule has 0 fully saturated rings. The molecule has 0 atom stereocenters. The standard InChI is InChI=1S/C42H29B5N2O9/c43-23-19-20-27-33-42(58-57-41-32-22(35(51)26(46)39(41)55)21-30(49(32)33)28(47-27)36(52)25(45)34(21)50)40(56)31(20)48(29(19)24(44)38(54)37(23)53)18-12-10-17(11-13-18)16-8-6-15(7-9-16)14-4-2-1-3-5-14/h1-13,47,50-56H,43-46H2. The lowest BCUT2D eigenvalue weighted by Gasteiger charge is -2.19. The van der Waals surface area contributed by atoms with Crippen LogP contribution in [0.5, 0.6) is 40.2 Å². The average molecular weight is 760 g/mol. The van der Waals surface area contributed by atoms with Gasteiger partial charge < -0.3 is 44.7 Å². The molecular formula is C42H29B5N2O9. The molecule has 276 valence electrons. The number of hydrogen-bond donors (Lipinski definition) is 7. The van der Waals surface area contributed by atoms with Crippen LogP contribution in [0.15, 0.2) is 88.0 Å². The van der Waals surface area contributed by atoms with E-state index in [1.165, 1.54) is 7.85 Å². The first-order chi connectivity index (χ1) is 27.9. The molecule has 4 heterocycles. The zero-order chi connectivity index (χ0) is 40.2. The van der Waals surface area contributed by atoms with Crippen LogP contribution in [-0.2, 0) is 0 Å². The molecule has 0 bridgehead atoms. The van der Waals surface area contributed by atoms with Gasteiger partial charge in [-0.1, -0.05) is 66.7 Å². The van der Waals surface area contributed by atoms with Gasteiger partial charge >= 0.3 is 0 Å². The van der Waals surface area contributed by atoms with Gasteiger partial charge in [-0.2, -0.15) is 0 Å². The van der Waals surface area contributed by atoms with E-state index in [-0.39, 0.29) is 85.7 Å². The van der Waals surface area contributed by atoms with E-state index >= 15 is 0 Å². The average Bonchev–Trinajstić information content (AvgIpc) is 3.73. The Balaban J connectivity index is 1.28. The molecule has 58 heavy (non-hydrogen) atoms. The Kier molecular flexibility index (Phi) is 6.66. The molecular weight excluding hydrogens is 731 g/mol. The summed E-state index contributed by atoms with van der Waals surface area (Å²) in [7, 11) is 6.52. The summed E-state index contributed by atoms with van der Waals surface area (Å²) in [6.07, 6.45) is 0. The summed E-state index contributed by atoms with van der Waals surface area (Å²) in [5.74, 6) is -2.12. The summed E-state index contributed by atoms with van der Waals surface area (Å²) >= 11 is 0. The molecule has 16 heteroatoms. The van der Waals surface area contributed by atoms with Crippen molar-refractivity contribution in [2.24, 2.45) is 0 Å². The van der Waals surface area contributed by atoms with Crippen molar-refractivity contribution in [2.45, 2.75) is 0 Å². The lowest BCUT2D eigenvalue weighted by Crippen LogP contribution is -2.36. The zero-order valence-corrected chi connectivity index (χ0v) is 31.6. The number of rotatable bonds is 3. The van der Waals surface area contributed by atoms with Crippen LogP contribution < -0.4 is 32.8 Å². The Morgan fingerprint density at radius 2 is 0.914 bits per heavy atom.